The standard InChI is InChI=1S/C20H13ClF2N2O/c21-15-5-1-3-13-18-14(20(24)26)4-2-6-17(18)25(19(13)15)10-11-7-8-12(22)9-16(11)23/h1-9H,10H2,(H2,24,26). The molecule has 0 saturated carbocycles. The van der Waals surface area contributed by atoms with E-state index >= 15 is 0 Å². The van der Waals surface area contributed by atoms with Crippen LogP contribution in [0.25, 0.3) is 21.8 Å². The van der Waals surface area contributed by atoms with Gasteiger partial charge in [0.2, 0.25) is 5.91 Å². The molecule has 0 fully saturated rings. The first-order chi connectivity index (χ1) is 12.5. The average molecular weight is 371 g/mol. The van der Waals surface area contributed by atoms with Crippen molar-refractivity contribution in [3.05, 3.63) is 82.4 Å². The third-order valence-electron chi connectivity index (χ3n) is 4.47. The molecule has 26 heavy (non-hydrogen) atoms. The van der Waals surface area contributed by atoms with Crippen LogP contribution < -0.4 is 5.73 Å². The number of hydrogen-bond acceptors (Lipinski definition) is 1. The summed E-state index contributed by atoms with van der Waals surface area (Å²) < 4.78 is 29.2. The largest absolute Gasteiger partial charge is 0.366 e. The molecule has 2 N–H and O–H groups in total. The van der Waals surface area contributed by atoms with Crippen LogP contribution in [0.2, 0.25) is 5.02 Å². The predicted molar refractivity (Wildman–Crippen MR) is 98.4 cm³/mol. The van der Waals surface area contributed by atoms with Gasteiger partial charge >= 0.3 is 0 Å². The Labute approximate surface area is 152 Å². The van der Waals surface area contributed by atoms with Gasteiger partial charge in [-0.05, 0) is 24.3 Å². The molecule has 0 unspecified atom stereocenters. The van der Waals surface area contributed by atoms with Crippen LogP contribution in [0.15, 0.2) is 54.6 Å². The van der Waals surface area contributed by atoms with E-state index in [1.165, 1.54) is 12.1 Å². The third-order valence-corrected chi connectivity index (χ3v) is 4.77. The van der Waals surface area contributed by atoms with Crippen LogP contribution in [-0.4, -0.2) is 10.5 Å². The number of amides is 1. The second-order valence-electron chi connectivity index (χ2n) is 6.02. The van der Waals surface area contributed by atoms with Gasteiger partial charge < -0.3 is 10.3 Å². The molecule has 3 aromatic carbocycles. The van der Waals surface area contributed by atoms with E-state index in [0.717, 1.165) is 11.5 Å². The van der Waals surface area contributed by atoms with Gasteiger partial charge in [0.1, 0.15) is 11.6 Å². The van der Waals surface area contributed by atoms with Gasteiger partial charge in [0.05, 0.1) is 22.6 Å². The molecule has 0 aliphatic carbocycles. The van der Waals surface area contributed by atoms with Crippen molar-refractivity contribution >= 4 is 39.3 Å². The number of halogens is 3. The van der Waals surface area contributed by atoms with Gasteiger partial charge in [-0.15, -0.1) is 0 Å². The summed E-state index contributed by atoms with van der Waals surface area (Å²) in [5.74, 6) is -1.83. The van der Waals surface area contributed by atoms with E-state index in [0.29, 0.717) is 32.6 Å². The number of fused-ring (bicyclic) bond motifs is 3. The maximum Gasteiger partial charge on any atom is 0.249 e. The number of carbonyl (C=O) groups is 1. The van der Waals surface area contributed by atoms with Gasteiger partial charge in [0.15, 0.2) is 0 Å². The lowest BCUT2D eigenvalue weighted by molar-refractivity contribution is 0.100. The van der Waals surface area contributed by atoms with Crippen molar-refractivity contribution in [2.75, 3.05) is 0 Å². The first kappa shape index (κ1) is 16.5. The Morgan fingerprint density at radius 3 is 2.58 bits per heavy atom. The number of benzene rings is 3. The monoisotopic (exact) mass is 370 g/mol. The molecule has 0 spiro atoms. The Balaban J connectivity index is 2.07. The summed E-state index contributed by atoms with van der Waals surface area (Å²) in [6.07, 6.45) is 0. The van der Waals surface area contributed by atoms with E-state index in [-0.39, 0.29) is 6.54 Å². The van der Waals surface area contributed by atoms with Crippen LogP contribution in [0.5, 0.6) is 0 Å². The first-order valence-corrected chi connectivity index (χ1v) is 8.28. The van der Waals surface area contributed by atoms with E-state index < -0.39 is 17.5 Å². The van der Waals surface area contributed by atoms with E-state index in [1.54, 1.807) is 24.3 Å². The van der Waals surface area contributed by atoms with E-state index in [2.05, 4.69) is 0 Å². The Bertz CT molecular complexity index is 1180. The molecule has 0 bridgehead atoms. The molecule has 130 valence electrons. The van der Waals surface area contributed by atoms with Gasteiger partial charge in [-0.1, -0.05) is 35.9 Å². The summed E-state index contributed by atoms with van der Waals surface area (Å²) in [4.78, 5) is 11.9. The second kappa shape index (κ2) is 6.11. The van der Waals surface area contributed by atoms with Gasteiger partial charge in [-0.2, -0.15) is 0 Å². The minimum Gasteiger partial charge on any atom is -0.366 e. The highest BCUT2D eigenvalue weighted by Gasteiger charge is 2.19. The van der Waals surface area contributed by atoms with E-state index in [1.807, 2.05) is 16.7 Å². The molecule has 1 heterocycles. The van der Waals surface area contributed by atoms with Crippen molar-refractivity contribution in [2.24, 2.45) is 5.73 Å². The fourth-order valence-electron chi connectivity index (χ4n) is 3.35. The molecule has 6 heteroatoms. The van der Waals surface area contributed by atoms with Crippen LogP contribution in [0.3, 0.4) is 0 Å². The summed E-state index contributed by atoms with van der Waals surface area (Å²) in [5.41, 5.74) is 7.58. The zero-order valence-electron chi connectivity index (χ0n) is 13.5. The van der Waals surface area contributed by atoms with Gasteiger partial charge in [0.25, 0.3) is 0 Å². The Kier molecular flexibility index (Phi) is 3.89. The van der Waals surface area contributed by atoms with Gasteiger partial charge in [-0.3, -0.25) is 4.79 Å². The van der Waals surface area contributed by atoms with Crippen LogP contribution in [0.1, 0.15) is 15.9 Å². The fourth-order valence-corrected chi connectivity index (χ4v) is 3.63. The lowest BCUT2D eigenvalue weighted by Gasteiger charge is -2.10. The van der Waals surface area contributed by atoms with Gasteiger partial charge in [0, 0.05) is 28.0 Å². The lowest BCUT2D eigenvalue weighted by atomic mass is 10.1. The first-order valence-electron chi connectivity index (χ1n) is 7.90. The summed E-state index contributed by atoms with van der Waals surface area (Å²) in [6.45, 7) is 0.137. The summed E-state index contributed by atoms with van der Waals surface area (Å²) >= 11 is 6.41. The number of nitrogens with zero attached hydrogens (tertiary/aromatic N) is 1. The summed E-state index contributed by atoms with van der Waals surface area (Å²) in [6, 6.07) is 14.0. The zero-order chi connectivity index (χ0) is 18.4. The second-order valence-corrected chi connectivity index (χ2v) is 6.43. The average Bonchev–Trinajstić information content (AvgIpc) is 2.92. The van der Waals surface area contributed by atoms with Crippen molar-refractivity contribution < 1.29 is 13.6 Å². The number of para-hydroxylation sites is 1. The molecule has 1 aromatic heterocycles. The SMILES string of the molecule is NC(=O)c1cccc2c1c1cccc(Cl)c1n2Cc1ccc(F)cc1F. The number of carbonyl (C=O) groups excluding carboxylic acids is 1. The number of hydrogen-bond donors (Lipinski definition) is 1. The number of nitrogens with two attached hydrogens (primary N) is 1. The summed E-state index contributed by atoms with van der Waals surface area (Å²) in [7, 11) is 0. The van der Waals surface area contributed by atoms with Gasteiger partial charge in [-0.25, -0.2) is 8.78 Å². The van der Waals surface area contributed by atoms with Crippen LogP contribution in [0.4, 0.5) is 8.78 Å². The lowest BCUT2D eigenvalue weighted by Crippen LogP contribution is -2.11. The molecule has 0 aliphatic heterocycles. The highest BCUT2D eigenvalue weighted by Crippen LogP contribution is 2.36. The maximum absolute atomic E-state index is 14.2. The van der Waals surface area contributed by atoms with Crippen LogP contribution in [-0.2, 0) is 6.54 Å². The molecular formula is C20H13ClF2N2O. The Morgan fingerprint density at radius 2 is 1.85 bits per heavy atom. The number of primary amides is 1. The number of aromatic nitrogens is 1. The summed E-state index contributed by atoms with van der Waals surface area (Å²) in [5, 5.41) is 1.89. The zero-order valence-corrected chi connectivity index (χ0v) is 14.2. The molecule has 4 aromatic rings. The smallest absolute Gasteiger partial charge is 0.249 e. The minimum atomic E-state index is -0.641. The van der Waals surface area contributed by atoms with E-state index in [4.69, 9.17) is 17.3 Å². The molecule has 3 nitrogen and oxygen atoms in total. The molecule has 4 rings (SSSR count). The quantitative estimate of drug-likeness (QED) is 0.549. The molecule has 1 amide bonds. The van der Waals surface area contributed by atoms with Crippen molar-refractivity contribution in [3.63, 3.8) is 0 Å². The molecule has 0 radical (unpaired) electrons. The Morgan fingerprint density at radius 1 is 1.08 bits per heavy atom. The van der Waals surface area contributed by atoms with Crippen LogP contribution in [0, 0.1) is 11.6 Å². The normalized spacial score (nSPS) is 11.3. The Hall–Kier alpha value is -2.92. The highest BCUT2D eigenvalue weighted by atomic mass is 35.5. The van der Waals surface area contributed by atoms with Crippen molar-refractivity contribution in [1.29, 1.82) is 0 Å². The highest BCUT2D eigenvalue weighted by molar-refractivity contribution is 6.37. The molecule has 0 saturated heterocycles. The molecule has 0 aliphatic rings. The van der Waals surface area contributed by atoms with Crippen molar-refractivity contribution in [2.45, 2.75) is 6.54 Å². The molecular weight excluding hydrogens is 358 g/mol. The minimum absolute atomic E-state index is 0.137. The predicted octanol–water partition coefficient (Wildman–Crippen LogP) is 4.87. The van der Waals surface area contributed by atoms with Crippen LogP contribution >= 0.6 is 11.6 Å². The van der Waals surface area contributed by atoms with Crippen molar-refractivity contribution in [1.82, 2.24) is 4.57 Å². The van der Waals surface area contributed by atoms with Crippen molar-refractivity contribution in [3.8, 4) is 0 Å². The fraction of sp³-hybridized carbons (Fsp3) is 0.0500. The third kappa shape index (κ3) is 2.52. The molecule has 0 atom stereocenters. The maximum atomic E-state index is 14.2. The number of rotatable bonds is 3. The van der Waals surface area contributed by atoms with E-state index in [9.17, 15) is 13.6 Å². The topological polar surface area (TPSA) is 48.0 Å².